The van der Waals surface area contributed by atoms with Gasteiger partial charge in [0.25, 0.3) is 5.91 Å². The minimum atomic E-state index is -0.0734. The molecule has 3 aliphatic rings. The largest absolute Gasteiger partial charge is 0.378 e. The van der Waals surface area contributed by atoms with Crippen molar-refractivity contribution in [1.29, 1.82) is 0 Å². The molecule has 30 heavy (non-hydrogen) atoms. The first-order valence-electron chi connectivity index (χ1n) is 10.9. The molecule has 1 aliphatic heterocycles. The number of nitrogens with zero attached hydrogens (tertiary/aromatic N) is 1. The Balaban J connectivity index is 1.36. The second-order valence-electron chi connectivity index (χ2n) is 8.97. The summed E-state index contributed by atoms with van der Waals surface area (Å²) in [6.07, 6.45) is 7.37. The summed E-state index contributed by atoms with van der Waals surface area (Å²) >= 11 is 0. The van der Waals surface area contributed by atoms with Crippen molar-refractivity contribution in [2.75, 3.05) is 10.6 Å². The molecule has 0 spiro atoms. The fourth-order valence-electron chi connectivity index (χ4n) is 6.26. The van der Waals surface area contributed by atoms with Crippen molar-refractivity contribution >= 4 is 17.3 Å². The van der Waals surface area contributed by atoms with E-state index in [-0.39, 0.29) is 5.91 Å². The van der Waals surface area contributed by atoms with E-state index in [2.05, 4.69) is 58.1 Å². The molecule has 2 fully saturated rings. The summed E-state index contributed by atoms with van der Waals surface area (Å²) in [5.41, 5.74) is 5.34. The van der Waals surface area contributed by atoms with E-state index in [0.717, 1.165) is 23.1 Å². The van der Waals surface area contributed by atoms with Crippen LogP contribution in [-0.2, 0) is 0 Å². The van der Waals surface area contributed by atoms with Gasteiger partial charge in [-0.25, -0.2) is 0 Å². The van der Waals surface area contributed by atoms with Crippen molar-refractivity contribution < 1.29 is 4.79 Å². The smallest absolute Gasteiger partial charge is 0.255 e. The minimum Gasteiger partial charge on any atom is -0.378 e. The van der Waals surface area contributed by atoms with Gasteiger partial charge >= 0.3 is 0 Å². The highest BCUT2D eigenvalue weighted by atomic mass is 16.1. The number of nitrogens with one attached hydrogen (secondary N) is 2. The van der Waals surface area contributed by atoms with Crippen LogP contribution in [0.2, 0.25) is 0 Å². The molecule has 0 radical (unpaired) electrons. The molecule has 2 aromatic carbocycles. The second kappa shape index (κ2) is 6.98. The molecule has 1 aromatic heterocycles. The molecule has 2 heterocycles. The molecule has 0 unspecified atom stereocenters. The van der Waals surface area contributed by atoms with Gasteiger partial charge in [-0.3, -0.25) is 9.78 Å². The Morgan fingerprint density at radius 1 is 1.00 bits per heavy atom. The average molecular weight is 396 g/mol. The Morgan fingerprint density at radius 3 is 2.70 bits per heavy atom. The van der Waals surface area contributed by atoms with Gasteiger partial charge in [0, 0.05) is 17.4 Å². The van der Waals surface area contributed by atoms with Gasteiger partial charge in [-0.05, 0) is 84.4 Å². The Morgan fingerprint density at radius 2 is 1.87 bits per heavy atom. The highest BCUT2D eigenvalue weighted by Gasteiger charge is 2.53. The molecule has 3 aromatic rings. The maximum atomic E-state index is 12.9. The minimum absolute atomic E-state index is 0.0734. The molecule has 0 saturated heterocycles. The number of fused-ring (bicyclic) bond motifs is 7. The molecule has 4 nitrogen and oxygen atoms in total. The molecule has 1 amide bonds. The van der Waals surface area contributed by atoms with Gasteiger partial charge in [0.05, 0.1) is 17.9 Å². The van der Waals surface area contributed by atoms with Gasteiger partial charge in [0.1, 0.15) is 0 Å². The number of amides is 1. The Hall–Kier alpha value is -3.14. The highest BCUT2D eigenvalue weighted by Crippen LogP contribution is 2.63. The molecule has 5 atom stereocenters. The molecule has 4 heteroatoms. The van der Waals surface area contributed by atoms with Gasteiger partial charge in [-0.1, -0.05) is 30.3 Å². The number of hydrogen-bond acceptors (Lipinski definition) is 3. The predicted octanol–water partition coefficient (Wildman–Crippen LogP) is 5.63. The van der Waals surface area contributed by atoms with Crippen LogP contribution in [0.25, 0.3) is 0 Å². The first kappa shape index (κ1) is 17.7. The number of carbonyl (C=O) groups is 1. The van der Waals surface area contributed by atoms with E-state index in [9.17, 15) is 4.79 Å². The number of hydrogen-bond donors (Lipinski definition) is 2. The summed E-state index contributed by atoms with van der Waals surface area (Å²) in [7, 11) is 0. The van der Waals surface area contributed by atoms with Crippen molar-refractivity contribution in [2.24, 2.45) is 17.8 Å². The quantitative estimate of drug-likeness (QED) is 0.604. The average Bonchev–Trinajstić information content (AvgIpc) is 3.42. The lowest BCUT2D eigenvalue weighted by atomic mass is 9.68. The number of carbonyl (C=O) groups excluding carboxylic acids is 1. The monoisotopic (exact) mass is 395 g/mol. The van der Waals surface area contributed by atoms with E-state index < -0.39 is 0 Å². The van der Waals surface area contributed by atoms with Crippen LogP contribution in [0, 0.1) is 17.8 Å². The molecule has 150 valence electrons. The third-order valence-electron chi connectivity index (χ3n) is 7.43. The van der Waals surface area contributed by atoms with Crippen LogP contribution in [0.15, 0.2) is 73.1 Å². The number of rotatable bonds is 3. The van der Waals surface area contributed by atoms with Crippen LogP contribution in [0.3, 0.4) is 0 Å². The van der Waals surface area contributed by atoms with Crippen LogP contribution in [0.5, 0.6) is 0 Å². The first-order valence-corrected chi connectivity index (χ1v) is 10.9. The Kier molecular flexibility index (Phi) is 4.12. The predicted molar refractivity (Wildman–Crippen MR) is 118 cm³/mol. The van der Waals surface area contributed by atoms with Gasteiger partial charge in [-0.2, -0.15) is 0 Å². The summed E-state index contributed by atoms with van der Waals surface area (Å²) in [6, 6.07) is 21.1. The van der Waals surface area contributed by atoms with Crippen LogP contribution in [0.1, 0.15) is 52.7 Å². The van der Waals surface area contributed by atoms with Gasteiger partial charge < -0.3 is 10.6 Å². The molecule has 6 rings (SSSR count). The molecular formula is C26H25N3O. The highest BCUT2D eigenvalue weighted by molar-refractivity contribution is 6.04. The molecule has 2 bridgehead atoms. The maximum Gasteiger partial charge on any atom is 0.255 e. The first-order chi connectivity index (χ1) is 14.8. The summed E-state index contributed by atoms with van der Waals surface area (Å²) < 4.78 is 0. The summed E-state index contributed by atoms with van der Waals surface area (Å²) in [5.74, 6) is 2.59. The van der Waals surface area contributed by atoms with Gasteiger partial charge in [0.15, 0.2) is 0 Å². The Labute approximate surface area is 176 Å². The molecular weight excluding hydrogens is 370 g/mol. The summed E-state index contributed by atoms with van der Waals surface area (Å²) in [5, 5.41) is 6.82. The lowest BCUT2D eigenvalue weighted by Crippen LogP contribution is -2.35. The summed E-state index contributed by atoms with van der Waals surface area (Å²) in [4.78, 5) is 17.0. The van der Waals surface area contributed by atoms with E-state index in [1.54, 1.807) is 12.4 Å². The second-order valence-corrected chi connectivity index (χ2v) is 8.97. The number of anilines is 2. The van der Waals surface area contributed by atoms with Gasteiger partial charge in [0.2, 0.25) is 0 Å². The van der Waals surface area contributed by atoms with E-state index in [4.69, 9.17) is 0 Å². The number of benzene rings is 2. The zero-order valence-corrected chi connectivity index (χ0v) is 16.8. The topological polar surface area (TPSA) is 54.0 Å². The van der Waals surface area contributed by atoms with E-state index >= 15 is 0 Å². The van der Waals surface area contributed by atoms with Crippen molar-refractivity contribution in [1.82, 2.24) is 4.98 Å². The molecule has 2 aliphatic carbocycles. The lowest BCUT2D eigenvalue weighted by molar-refractivity contribution is 0.102. The van der Waals surface area contributed by atoms with E-state index in [1.165, 1.54) is 36.1 Å². The third-order valence-corrected chi connectivity index (χ3v) is 7.43. The number of pyridine rings is 1. The van der Waals surface area contributed by atoms with Crippen molar-refractivity contribution in [3.05, 3.63) is 89.7 Å². The van der Waals surface area contributed by atoms with E-state index in [1.807, 2.05) is 18.2 Å². The Bertz CT molecular complexity index is 1080. The normalized spacial score (nSPS) is 28.3. The standard InChI is InChI=1S/C26H25N3O/c30-26(28-20-7-4-12-27-15-20)19-10-11-22-21(14-19)23-17-8-9-18(13-17)24(23)25(29-22)16-5-2-1-3-6-16/h1-7,10-12,14-15,17-18,23-25,29H,8-9,13H2,(H,28,30)/t17-,18-,23+,24-,25-/m0/s1. The van der Waals surface area contributed by atoms with Crippen molar-refractivity contribution in [3.63, 3.8) is 0 Å². The van der Waals surface area contributed by atoms with E-state index in [0.29, 0.717) is 17.9 Å². The van der Waals surface area contributed by atoms with Gasteiger partial charge in [-0.15, -0.1) is 0 Å². The zero-order valence-electron chi connectivity index (χ0n) is 16.8. The fourth-order valence-corrected chi connectivity index (χ4v) is 6.26. The summed E-state index contributed by atoms with van der Waals surface area (Å²) in [6.45, 7) is 0. The van der Waals surface area contributed by atoms with Crippen LogP contribution in [-0.4, -0.2) is 10.9 Å². The van der Waals surface area contributed by atoms with Crippen LogP contribution >= 0.6 is 0 Å². The lowest BCUT2D eigenvalue weighted by Gasteiger charge is -2.43. The SMILES string of the molecule is O=C(Nc1cccnc1)c1ccc2c(c1)[C@H]1[C@H]3CC[C@@H](C3)[C@@H]1[C@H](c1ccccc1)N2. The third kappa shape index (κ3) is 2.82. The van der Waals surface area contributed by atoms with Crippen LogP contribution in [0.4, 0.5) is 11.4 Å². The van der Waals surface area contributed by atoms with Crippen molar-refractivity contribution in [3.8, 4) is 0 Å². The maximum absolute atomic E-state index is 12.9. The van der Waals surface area contributed by atoms with Crippen LogP contribution < -0.4 is 10.6 Å². The molecule has 2 saturated carbocycles. The zero-order chi connectivity index (χ0) is 20.1. The van der Waals surface area contributed by atoms with Crippen molar-refractivity contribution in [2.45, 2.75) is 31.2 Å². The molecule has 2 N–H and O–H groups in total. The fraction of sp³-hybridized carbons (Fsp3) is 0.308. The number of aromatic nitrogens is 1.